The summed E-state index contributed by atoms with van der Waals surface area (Å²) in [6.45, 7) is 3.57. The topological polar surface area (TPSA) is 58.9 Å². The second-order valence-electron chi connectivity index (χ2n) is 3.79. The Morgan fingerprint density at radius 3 is 1.06 bits per heavy atom. The summed E-state index contributed by atoms with van der Waals surface area (Å²) in [6.07, 6.45) is 5.59. The van der Waals surface area contributed by atoms with Gasteiger partial charge in [-0.3, -0.25) is 0 Å². The first-order valence-electron chi connectivity index (χ1n) is 6.29. The minimum atomic E-state index is 0. The van der Waals surface area contributed by atoms with Crippen molar-refractivity contribution in [2.24, 2.45) is 0 Å². The normalized spacial score (nSPS) is 9.67. The lowest BCUT2D eigenvalue weighted by atomic mass is 10.3. The molecule has 0 aromatic heterocycles. The maximum absolute atomic E-state index is 8.54. The molecule has 4 nitrogen and oxygen atoms in total. The zero-order valence-corrected chi connectivity index (χ0v) is 10.2. The molecule has 0 saturated heterocycles. The Morgan fingerprint density at radius 1 is 0.500 bits per heavy atom. The first-order valence-corrected chi connectivity index (χ1v) is 6.29. The molecule has 0 aliphatic carbocycles. The molecule has 0 rings (SSSR count). The minimum Gasteiger partial charge on any atom is -0.396 e. The molecule has 0 aliphatic heterocycles. The molecule has 0 radical (unpaired) electrons. The van der Waals surface area contributed by atoms with E-state index in [2.05, 4.69) is 0 Å². The number of aliphatic hydroxyl groups excluding tert-OH is 2. The fourth-order valence-electron chi connectivity index (χ4n) is 1.24. The third-order valence-corrected chi connectivity index (χ3v) is 2.22. The van der Waals surface area contributed by atoms with Gasteiger partial charge in [-0.25, -0.2) is 0 Å². The zero-order chi connectivity index (χ0) is 11.9. The zero-order valence-electron chi connectivity index (χ0n) is 10.2. The molecule has 0 aliphatic rings. The second-order valence-corrected chi connectivity index (χ2v) is 3.79. The van der Waals surface area contributed by atoms with Crippen molar-refractivity contribution >= 4 is 0 Å². The molecule has 2 N–H and O–H groups in total. The average Bonchev–Trinajstić information content (AvgIpc) is 2.31. The molecule has 0 spiro atoms. The average molecular weight is 266 g/mol. The van der Waals surface area contributed by atoms with Crippen LogP contribution in [0.4, 0.5) is 0 Å². The van der Waals surface area contributed by atoms with Crippen molar-refractivity contribution in [3.63, 3.8) is 0 Å². The van der Waals surface area contributed by atoms with E-state index in [0.717, 1.165) is 65.0 Å². The molecule has 0 aromatic carbocycles. The highest BCUT2D eigenvalue weighted by Crippen LogP contribution is 1.95. The Morgan fingerprint density at radius 2 is 0.778 bits per heavy atom. The van der Waals surface area contributed by atoms with E-state index >= 15 is 0 Å². The summed E-state index contributed by atoms with van der Waals surface area (Å²) >= 11 is 0. The van der Waals surface area contributed by atoms with Gasteiger partial charge in [-0.2, -0.15) is 0 Å². The molecule has 0 heterocycles. The van der Waals surface area contributed by atoms with E-state index in [1.165, 1.54) is 0 Å². The van der Waals surface area contributed by atoms with Crippen molar-refractivity contribution < 1.29 is 19.7 Å². The summed E-state index contributed by atoms with van der Waals surface area (Å²) in [5, 5.41) is 17.1. The molecule has 114 valence electrons. The number of ether oxygens (including phenoxy) is 2. The number of aliphatic hydroxyl groups is 2. The van der Waals surface area contributed by atoms with E-state index < -0.39 is 0 Å². The van der Waals surface area contributed by atoms with E-state index in [4.69, 9.17) is 19.7 Å². The van der Waals surface area contributed by atoms with E-state index in [9.17, 15) is 0 Å². The van der Waals surface area contributed by atoms with Crippen LogP contribution in [0.2, 0.25) is 0 Å². The number of rotatable bonds is 13. The van der Waals surface area contributed by atoms with Crippen molar-refractivity contribution in [3.05, 3.63) is 0 Å². The van der Waals surface area contributed by atoms with E-state index in [-0.39, 0.29) is 28.1 Å². The molecule has 18 heavy (non-hydrogen) atoms. The Labute approximate surface area is 113 Å². The predicted molar refractivity (Wildman–Crippen MR) is 77.0 cm³/mol. The summed E-state index contributed by atoms with van der Waals surface area (Å²) in [6, 6.07) is 0. The molecule has 0 fully saturated rings. The maximum atomic E-state index is 8.54. The molecule has 0 amide bonds. The fraction of sp³-hybridized carbons (Fsp3) is 1.00. The van der Waals surface area contributed by atoms with Crippen LogP contribution in [-0.2, 0) is 9.47 Å². The van der Waals surface area contributed by atoms with Gasteiger partial charge in [0.05, 0.1) is 0 Å². The molecule has 4 heteroatoms. The standard InChI is InChI=1S/C12H26O4.2CH4/c13-7-1-3-9-15-11-5-6-12-16-10-4-2-8-14;;/h13-14H,1-12H2;2*1H4. The summed E-state index contributed by atoms with van der Waals surface area (Å²) in [7, 11) is 0. The predicted octanol–water partition coefficient (Wildman–Crippen LogP) is 2.62. The SMILES string of the molecule is C.C.OCCCCOCCCCOCCCCO. The first-order chi connectivity index (χ1) is 7.91. The van der Waals surface area contributed by atoms with Crippen molar-refractivity contribution in [3.8, 4) is 0 Å². The van der Waals surface area contributed by atoms with Gasteiger partial charge in [0, 0.05) is 39.6 Å². The van der Waals surface area contributed by atoms with Crippen LogP contribution >= 0.6 is 0 Å². The van der Waals surface area contributed by atoms with Crippen LogP contribution in [0.1, 0.15) is 53.4 Å². The summed E-state index contributed by atoms with van der Waals surface area (Å²) in [5.41, 5.74) is 0. The Hall–Kier alpha value is -0.160. The van der Waals surface area contributed by atoms with Crippen molar-refractivity contribution in [2.45, 2.75) is 53.4 Å². The molecular formula is C14H34O4. The summed E-state index contributed by atoms with van der Waals surface area (Å²) in [5.74, 6) is 0. The number of unbranched alkanes of at least 4 members (excludes halogenated alkanes) is 3. The summed E-state index contributed by atoms with van der Waals surface area (Å²) in [4.78, 5) is 0. The lowest BCUT2D eigenvalue weighted by Gasteiger charge is -2.05. The van der Waals surface area contributed by atoms with Crippen molar-refractivity contribution in [2.75, 3.05) is 39.6 Å². The van der Waals surface area contributed by atoms with Crippen LogP contribution in [0.15, 0.2) is 0 Å². The quantitative estimate of drug-likeness (QED) is 0.503. The Bertz CT molecular complexity index is 106. The van der Waals surface area contributed by atoms with Crippen LogP contribution in [-0.4, -0.2) is 49.9 Å². The highest BCUT2D eigenvalue weighted by Gasteiger charge is 1.92. The monoisotopic (exact) mass is 266 g/mol. The maximum Gasteiger partial charge on any atom is 0.0466 e. The first kappa shape index (κ1) is 23.0. The molecule has 0 atom stereocenters. The highest BCUT2D eigenvalue weighted by molar-refractivity contribution is 4.41. The molecular weight excluding hydrogens is 232 g/mol. The largest absolute Gasteiger partial charge is 0.396 e. The number of hydrogen-bond acceptors (Lipinski definition) is 4. The summed E-state index contributed by atoms with van der Waals surface area (Å²) < 4.78 is 10.8. The fourth-order valence-corrected chi connectivity index (χ4v) is 1.24. The Balaban J connectivity index is -0.00000112. The van der Waals surface area contributed by atoms with Crippen LogP contribution in [0.3, 0.4) is 0 Å². The van der Waals surface area contributed by atoms with Crippen molar-refractivity contribution in [1.29, 1.82) is 0 Å². The molecule has 0 unspecified atom stereocenters. The molecule has 0 aromatic rings. The van der Waals surface area contributed by atoms with Crippen LogP contribution < -0.4 is 0 Å². The van der Waals surface area contributed by atoms with Gasteiger partial charge in [0.25, 0.3) is 0 Å². The van der Waals surface area contributed by atoms with Gasteiger partial charge >= 0.3 is 0 Å². The Kier molecular flexibility index (Phi) is 28.2. The highest BCUT2D eigenvalue weighted by atomic mass is 16.5. The smallest absolute Gasteiger partial charge is 0.0466 e. The molecule has 0 saturated carbocycles. The van der Waals surface area contributed by atoms with E-state index in [0.29, 0.717) is 0 Å². The third kappa shape index (κ3) is 21.2. The van der Waals surface area contributed by atoms with Gasteiger partial charge in [0.1, 0.15) is 0 Å². The van der Waals surface area contributed by atoms with Gasteiger partial charge in [-0.1, -0.05) is 14.9 Å². The van der Waals surface area contributed by atoms with E-state index in [1.54, 1.807) is 0 Å². The third-order valence-electron chi connectivity index (χ3n) is 2.22. The van der Waals surface area contributed by atoms with Crippen LogP contribution in [0.5, 0.6) is 0 Å². The van der Waals surface area contributed by atoms with Gasteiger partial charge in [0.15, 0.2) is 0 Å². The van der Waals surface area contributed by atoms with Gasteiger partial charge < -0.3 is 19.7 Å². The minimum absolute atomic E-state index is 0. The lowest BCUT2D eigenvalue weighted by Crippen LogP contribution is -2.02. The number of hydrogen-bond donors (Lipinski definition) is 2. The van der Waals surface area contributed by atoms with Gasteiger partial charge in [-0.05, 0) is 38.5 Å². The van der Waals surface area contributed by atoms with Crippen LogP contribution in [0.25, 0.3) is 0 Å². The second kappa shape index (κ2) is 22.1. The molecule has 0 bridgehead atoms. The van der Waals surface area contributed by atoms with Crippen LogP contribution in [0, 0.1) is 0 Å². The lowest BCUT2D eigenvalue weighted by molar-refractivity contribution is 0.0960. The van der Waals surface area contributed by atoms with Crippen molar-refractivity contribution in [1.82, 2.24) is 0 Å². The van der Waals surface area contributed by atoms with Gasteiger partial charge in [-0.15, -0.1) is 0 Å². The van der Waals surface area contributed by atoms with Gasteiger partial charge in [0.2, 0.25) is 0 Å². The van der Waals surface area contributed by atoms with E-state index in [1.807, 2.05) is 0 Å².